The molecule has 1 aromatic carbocycles. The molecule has 0 aliphatic carbocycles. The number of aromatic hydroxyl groups is 2. The van der Waals surface area contributed by atoms with Crippen LogP contribution < -0.4 is 21.0 Å². The number of hydrogen-bond donors (Lipinski definition) is 6. The number of halogens is 1. The van der Waals surface area contributed by atoms with Crippen molar-refractivity contribution in [1.82, 2.24) is 14.9 Å². The van der Waals surface area contributed by atoms with Crippen LogP contribution in [0.4, 0.5) is 33.3 Å². The average molecular weight is 587 g/mol. The summed E-state index contributed by atoms with van der Waals surface area (Å²) >= 11 is 0. The highest BCUT2D eigenvalue weighted by Gasteiger charge is 2.34. The number of carbonyl (C=O) groups is 1. The lowest BCUT2D eigenvalue weighted by molar-refractivity contribution is -0.402. The Kier molecular flexibility index (Phi) is 7.94. The first kappa shape index (κ1) is 28.4. The summed E-state index contributed by atoms with van der Waals surface area (Å²) in [6.07, 6.45) is 2.80. The number of furan rings is 1. The third kappa shape index (κ3) is 6.11. The fraction of sp³-hybridized carbons (Fsp3) is 0.320. The number of aromatic nitrogens is 2. The molecule has 0 bridgehead atoms. The minimum atomic E-state index is -1.22. The molecule has 1 fully saturated rings. The van der Waals surface area contributed by atoms with Crippen molar-refractivity contribution >= 4 is 47.0 Å². The van der Waals surface area contributed by atoms with Crippen LogP contribution >= 0.6 is 0 Å². The van der Waals surface area contributed by atoms with Gasteiger partial charge in [-0.3, -0.25) is 15.0 Å². The van der Waals surface area contributed by atoms with Crippen LogP contribution in [-0.4, -0.2) is 93.0 Å². The zero-order valence-electron chi connectivity index (χ0n) is 22.2. The predicted molar refractivity (Wildman–Crippen MR) is 148 cm³/mol. The number of nitrogens with one attached hydrogen (secondary N) is 3. The maximum Gasteiger partial charge on any atom is 0.433 e. The number of hydrogen-bond acceptors (Lipinski definition) is 14. The molecule has 0 saturated carbocycles. The first-order valence-electron chi connectivity index (χ1n) is 12.7. The molecule has 0 amide bonds. The van der Waals surface area contributed by atoms with Crippen LogP contribution in [0.2, 0.25) is 0 Å². The van der Waals surface area contributed by atoms with Gasteiger partial charge in [-0.15, -0.1) is 0 Å². The summed E-state index contributed by atoms with van der Waals surface area (Å²) in [5.74, 6) is -3.36. The second-order valence-electron chi connectivity index (χ2n) is 9.64. The van der Waals surface area contributed by atoms with Crippen LogP contribution in [0.5, 0.6) is 11.5 Å². The van der Waals surface area contributed by atoms with Gasteiger partial charge in [0.15, 0.2) is 29.0 Å². The van der Waals surface area contributed by atoms with Gasteiger partial charge in [0.25, 0.3) is 0 Å². The number of phenols is 2. The summed E-state index contributed by atoms with van der Waals surface area (Å²) < 4.78 is 20.7. The lowest BCUT2D eigenvalue weighted by Crippen LogP contribution is -2.50. The summed E-state index contributed by atoms with van der Waals surface area (Å²) in [5, 5.41) is 45.9. The number of anilines is 4. The Hall–Kier alpha value is -5.16. The van der Waals surface area contributed by atoms with Crippen LogP contribution in [0, 0.1) is 15.9 Å². The Morgan fingerprint density at radius 2 is 1.88 bits per heavy atom. The highest BCUT2D eigenvalue weighted by atomic mass is 19.1. The van der Waals surface area contributed by atoms with Crippen molar-refractivity contribution in [2.75, 3.05) is 60.8 Å². The van der Waals surface area contributed by atoms with E-state index in [1.54, 1.807) is 4.90 Å². The quantitative estimate of drug-likeness (QED) is 0.0918. The standard InChI is InChI=1S/C25H27FN8O8/c1-32-6-8-33(9-7-32)24-21(26)23(29-19(30-24)4-2-13-3-5-20(42-13)34(39)40)31-41-12-16-22(25(37)38)28-15-11-18(36)17(35)10-14(15)27-16/h2-5,10-11,16,22,27-28,35-36H,6-9,12H2,1H3,(H,37,38)(H,29,30,31). The third-order valence-electron chi connectivity index (χ3n) is 6.71. The number of aliphatic carboxylic acids is 1. The lowest BCUT2D eigenvalue weighted by atomic mass is 10.0. The molecule has 3 aromatic rings. The van der Waals surface area contributed by atoms with E-state index in [1.807, 2.05) is 7.05 Å². The van der Waals surface area contributed by atoms with Crippen LogP contribution in [0.15, 0.2) is 28.7 Å². The second-order valence-corrected chi connectivity index (χ2v) is 9.64. The van der Waals surface area contributed by atoms with Gasteiger partial charge < -0.3 is 40.2 Å². The lowest BCUT2D eigenvalue weighted by Gasteiger charge is -2.34. The van der Waals surface area contributed by atoms with Crippen LogP contribution in [-0.2, 0) is 9.63 Å². The molecule has 2 atom stereocenters. The Bertz CT molecular complexity index is 1520. The largest absolute Gasteiger partial charge is 0.504 e. The zero-order valence-corrected chi connectivity index (χ0v) is 22.2. The fourth-order valence-corrected chi connectivity index (χ4v) is 4.45. The van der Waals surface area contributed by atoms with E-state index in [-0.39, 0.29) is 35.5 Å². The number of benzene rings is 1. The number of likely N-dealkylation sites (N-methyl/N-ethyl adjacent to an activating group) is 1. The van der Waals surface area contributed by atoms with Gasteiger partial charge in [0, 0.05) is 38.3 Å². The highest BCUT2D eigenvalue weighted by molar-refractivity contribution is 5.86. The molecule has 2 aliphatic heterocycles. The molecule has 2 unspecified atom stereocenters. The van der Waals surface area contributed by atoms with E-state index < -0.39 is 46.2 Å². The van der Waals surface area contributed by atoms with Gasteiger partial charge in [0.05, 0.1) is 30.1 Å². The van der Waals surface area contributed by atoms with Crippen molar-refractivity contribution in [2.24, 2.45) is 0 Å². The maximum atomic E-state index is 15.6. The molecule has 4 heterocycles. The van der Waals surface area contributed by atoms with Gasteiger partial charge >= 0.3 is 11.9 Å². The van der Waals surface area contributed by atoms with Gasteiger partial charge in [-0.25, -0.2) is 20.2 Å². The topological polar surface area (TPSA) is 212 Å². The number of phenolic OH excluding ortho intramolecular Hbond substituents is 2. The number of carboxylic acid groups (broad SMARTS) is 1. The Morgan fingerprint density at radius 3 is 2.52 bits per heavy atom. The van der Waals surface area contributed by atoms with Gasteiger partial charge in [-0.1, -0.05) is 0 Å². The van der Waals surface area contributed by atoms with Gasteiger partial charge in [-0.2, -0.15) is 4.39 Å². The number of rotatable bonds is 9. The third-order valence-corrected chi connectivity index (χ3v) is 6.71. The van der Waals surface area contributed by atoms with E-state index in [4.69, 9.17) is 9.25 Å². The normalized spacial score (nSPS) is 18.8. The molecular weight excluding hydrogens is 559 g/mol. The van der Waals surface area contributed by atoms with E-state index in [1.165, 1.54) is 36.4 Å². The van der Waals surface area contributed by atoms with E-state index in [0.29, 0.717) is 31.9 Å². The maximum absolute atomic E-state index is 15.6. The van der Waals surface area contributed by atoms with Gasteiger partial charge in [0.2, 0.25) is 5.82 Å². The SMILES string of the molecule is CN1CCN(c2nc(C=Cc3ccc([N+](=O)[O-])o3)nc(NOCC3Nc4cc(O)c(O)cc4NC3C(=O)O)c2F)CC1. The zero-order chi connectivity index (χ0) is 30.0. The summed E-state index contributed by atoms with van der Waals surface area (Å²) in [5.41, 5.74) is 3.04. The van der Waals surface area contributed by atoms with Crippen LogP contribution in [0.1, 0.15) is 11.6 Å². The average Bonchev–Trinajstić information content (AvgIpc) is 3.44. The Morgan fingerprint density at radius 1 is 1.19 bits per heavy atom. The van der Waals surface area contributed by atoms with Crippen molar-refractivity contribution < 1.29 is 38.7 Å². The summed E-state index contributed by atoms with van der Waals surface area (Å²) in [6.45, 7) is 2.06. The molecule has 1 saturated heterocycles. The number of nitrogens with zero attached hydrogens (tertiary/aromatic N) is 5. The minimum Gasteiger partial charge on any atom is -0.504 e. The summed E-state index contributed by atoms with van der Waals surface area (Å²) in [4.78, 5) is 40.0. The van der Waals surface area contributed by atoms with Crippen molar-refractivity contribution in [2.45, 2.75) is 12.1 Å². The van der Waals surface area contributed by atoms with Crippen molar-refractivity contribution in [3.05, 3.63) is 51.8 Å². The smallest absolute Gasteiger partial charge is 0.433 e. The van der Waals surface area contributed by atoms with E-state index in [0.717, 1.165) is 0 Å². The number of piperazine rings is 1. The fourth-order valence-electron chi connectivity index (χ4n) is 4.45. The Labute approximate surface area is 237 Å². The molecule has 2 aliphatic rings. The molecule has 0 spiro atoms. The molecule has 17 heteroatoms. The van der Waals surface area contributed by atoms with E-state index >= 15 is 4.39 Å². The second kappa shape index (κ2) is 11.8. The molecule has 5 rings (SSSR count). The van der Waals surface area contributed by atoms with Crippen molar-refractivity contribution in [1.29, 1.82) is 0 Å². The first-order valence-corrected chi connectivity index (χ1v) is 12.7. The molecule has 222 valence electrons. The Balaban J connectivity index is 1.36. The van der Waals surface area contributed by atoms with E-state index in [9.17, 15) is 30.2 Å². The van der Waals surface area contributed by atoms with Crippen LogP contribution in [0.3, 0.4) is 0 Å². The number of carboxylic acids is 1. The minimum absolute atomic E-state index is 0.0133. The first-order chi connectivity index (χ1) is 20.1. The van der Waals surface area contributed by atoms with Crippen LogP contribution in [0.25, 0.3) is 12.2 Å². The summed E-state index contributed by atoms with van der Waals surface area (Å²) in [7, 11) is 1.95. The molecule has 2 aromatic heterocycles. The number of nitro groups is 1. The molecule has 6 N–H and O–H groups in total. The highest BCUT2D eigenvalue weighted by Crippen LogP contribution is 2.38. The van der Waals surface area contributed by atoms with E-state index in [2.05, 4.69) is 31.0 Å². The van der Waals surface area contributed by atoms with Gasteiger partial charge in [-0.05, 0) is 25.3 Å². The molecule has 0 radical (unpaired) electrons. The molecule has 42 heavy (non-hydrogen) atoms. The predicted octanol–water partition coefficient (Wildman–Crippen LogP) is 2.15. The number of fused-ring (bicyclic) bond motifs is 1. The van der Waals surface area contributed by atoms with Gasteiger partial charge in [0.1, 0.15) is 16.7 Å². The molecular formula is C25H27FN8O8. The monoisotopic (exact) mass is 586 g/mol. The summed E-state index contributed by atoms with van der Waals surface area (Å²) in [6, 6.07) is 2.93. The van der Waals surface area contributed by atoms with Crippen molar-refractivity contribution in [3.8, 4) is 11.5 Å². The molecule has 16 nitrogen and oxygen atoms in total. The van der Waals surface area contributed by atoms with Crippen molar-refractivity contribution in [3.63, 3.8) is 0 Å².